The molecular weight excluding hydrogens is 312 g/mol. The van der Waals surface area contributed by atoms with Crippen molar-refractivity contribution < 1.29 is 0 Å². The van der Waals surface area contributed by atoms with Crippen LogP contribution in [-0.4, -0.2) is 4.98 Å². The van der Waals surface area contributed by atoms with Crippen molar-refractivity contribution in [2.45, 2.75) is 13.1 Å². The third-order valence-electron chi connectivity index (χ3n) is 3.29. The molecule has 0 fully saturated rings. The van der Waals surface area contributed by atoms with Crippen molar-refractivity contribution in [1.29, 1.82) is 0 Å². The van der Waals surface area contributed by atoms with Crippen LogP contribution in [0.3, 0.4) is 0 Å². The zero-order valence-electron chi connectivity index (χ0n) is 11.0. The smallest absolute Gasteiger partial charge is 0.0410 e. The molecule has 3 heteroatoms. The molecule has 0 spiro atoms. The molecule has 100 valence electrons. The number of fused-ring (bicyclic) bond motifs is 1. The van der Waals surface area contributed by atoms with E-state index in [1.165, 1.54) is 21.9 Å². The second kappa shape index (κ2) is 6.16. The molecule has 0 saturated heterocycles. The summed E-state index contributed by atoms with van der Waals surface area (Å²) < 4.78 is 1.02. The Balaban J connectivity index is 1.71. The topological polar surface area (TPSA) is 24.9 Å². The minimum Gasteiger partial charge on any atom is -0.309 e. The van der Waals surface area contributed by atoms with Crippen molar-refractivity contribution in [1.82, 2.24) is 10.3 Å². The van der Waals surface area contributed by atoms with E-state index in [0.29, 0.717) is 0 Å². The Hall–Kier alpha value is -1.71. The lowest BCUT2D eigenvalue weighted by Crippen LogP contribution is -2.13. The zero-order valence-corrected chi connectivity index (χ0v) is 12.6. The molecule has 3 aromatic rings. The molecule has 0 saturated carbocycles. The van der Waals surface area contributed by atoms with Crippen LogP contribution in [0.25, 0.3) is 10.8 Å². The molecule has 1 N–H and O–H groups in total. The molecule has 0 unspecified atom stereocenters. The molecule has 1 heterocycles. The second-order valence-corrected chi connectivity index (χ2v) is 5.67. The van der Waals surface area contributed by atoms with E-state index in [1.807, 2.05) is 6.20 Å². The second-order valence-electron chi connectivity index (χ2n) is 4.75. The summed E-state index contributed by atoms with van der Waals surface area (Å²) in [5.74, 6) is 0. The van der Waals surface area contributed by atoms with E-state index in [2.05, 4.69) is 74.8 Å². The van der Waals surface area contributed by atoms with E-state index in [4.69, 9.17) is 0 Å². The van der Waals surface area contributed by atoms with Gasteiger partial charge in [-0.2, -0.15) is 0 Å². The number of hydrogen-bond donors (Lipinski definition) is 1. The number of hydrogen-bond acceptors (Lipinski definition) is 2. The Morgan fingerprint density at radius 1 is 0.950 bits per heavy atom. The van der Waals surface area contributed by atoms with Gasteiger partial charge >= 0.3 is 0 Å². The zero-order chi connectivity index (χ0) is 13.8. The fourth-order valence-corrected chi connectivity index (χ4v) is 2.75. The SMILES string of the molecule is Brc1cncc(CNCc2cccc3ccccc23)c1. The minimum atomic E-state index is 0.815. The Labute approximate surface area is 127 Å². The van der Waals surface area contributed by atoms with Crippen LogP contribution in [0.15, 0.2) is 65.4 Å². The van der Waals surface area contributed by atoms with E-state index in [9.17, 15) is 0 Å². The maximum atomic E-state index is 4.17. The van der Waals surface area contributed by atoms with Gasteiger partial charge in [-0.05, 0) is 43.9 Å². The predicted molar refractivity (Wildman–Crippen MR) is 86.4 cm³/mol. The van der Waals surface area contributed by atoms with E-state index in [1.54, 1.807) is 6.20 Å². The van der Waals surface area contributed by atoms with Crippen LogP contribution in [-0.2, 0) is 13.1 Å². The highest BCUT2D eigenvalue weighted by molar-refractivity contribution is 9.10. The van der Waals surface area contributed by atoms with Gasteiger partial charge in [-0.25, -0.2) is 0 Å². The summed E-state index contributed by atoms with van der Waals surface area (Å²) in [7, 11) is 0. The predicted octanol–water partition coefficient (Wildman–Crippen LogP) is 4.29. The summed E-state index contributed by atoms with van der Waals surface area (Å²) in [6.07, 6.45) is 3.69. The van der Waals surface area contributed by atoms with Crippen LogP contribution in [0.4, 0.5) is 0 Å². The van der Waals surface area contributed by atoms with Gasteiger partial charge in [0.2, 0.25) is 0 Å². The van der Waals surface area contributed by atoms with Crippen LogP contribution in [0.5, 0.6) is 0 Å². The van der Waals surface area contributed by atoms with Crippen LogP contribution < -0.4 is 5.32 Å². The quantitative estimate of drug-likeness (QED) is 0.773. The van der Waals surface area contributed by atoms with Gasteiger partial charge in [0, 0.05) is 30.0 Å². The highest BCUT2D eigenvalue weighted by atomic mass is 79.9. The highest BCUT2D eigenvalue weighted by Gasteiger charge is 2.00. The number of halogens is 1. The number of rotatable bonds is 4. The third-order valence-corrected chi connectivity index (χ3v) is 3.72. The molecule has 0 radical (unpaired) electrons. The molecule has 0 aliphatic rings. The van der Waals surface area contributed by atoms with Crippen molar-refractivity contribution in [2.75, 3.05) is 0 Å². The van der Waals surface area contributed by atoms with Crippen LogP contribution in [0.1, 0.15) is 11.1 Å². The molecule has 0 atom stereocenters. The van der Waals surface area contributed by atoms with Gasteiger partial charge < -0.3 is 5.32 Å². The summed E-state index contributed by atoms with van der Waals surface area (Å²) in [5, 5.41) is 6.08. The fraction of sp³-hybridized carbons (Fsp3) is 0.118. The summed E-state index contributed by atoms with van der Waals surface area (Å²) >= 11 is 3.44. The molecule has 1 aromatic heterocycles. The first-order valence-corrected chi connectivity index (χ1v) is 7.39. The Kier molecular flexibility index (Phi) is 4.09. The molecule has 20 heavy (non-hydrogen) atoms. The van der Waals surface area contributed by atoms with E-state index < -0.39 is 0 Å². The van der Waals surface area contributed by atoms with Crippen molar-refractivity contribution in [3.8, 4) is 0 Å². The molecule has 0 aliphatic carbocycles. The summed E-state index contributed by atoms with van der Waals surface area (Å²) in [6.45, 7) is 1.67. The van der Waals surface area contributed by atoms with Gasteiger partial charge in [0.1, 0.15) is 0 Å². The molecule has 0 amide bonds. The molecular formula is C17H15BrN2. The number of aromatic nitrogens is 1. The summed E-state index contributed by atoms with van der Waals surface area (Å²) in [6, 6.07) is 17.0. The number of nitrogens with one attached hydrogen (secondary N) is 1. The molecule has 2 aromatic carbocycles. The van der Waals surface area contributed by atoms with Gasteiger partial charge in [0.25, 0.3) is 0 Å². The lowest BCUT2D eigenvalue weighted by atomic mass is 10.0. The molecule has 0 aliphatic heterocycles. The van der Waals surface area contributed by atoms with Crippen LogP contribution in [0, 0.1) is 0 Å². The maximum absolute atomic E-state index is 4.17. The summed E-state index contributed by atoms with van der Waals surface area (Å²) in [4.78, 5) is 4.17. The number of benzene rings is 2. The number of pyridine rings is 1. The van der Waals surface area contributed by atoms with Gasteiger partial charge in [-0.1, -0.05) is 42.5 Å². The summed E-state index contributed by atoms with van der Waals surface area (Å²) in [5.41, 5.74) is 2.51. The van der Waals surface area contributed by atoms with Gasteiger partial charge in [0.15, 0.2) is 0 Å². The Morgan fingerprint density at radius 2 is 1.80 bits per heavy atom. The van der Waals surface area contributed by atoms with Crippen molar-refractivity contribution in [3.05, 3.63) is 76.5 Å². The normalized spacial score (nSPS) is 10.8. The molecule has 0 bridgehead atoms. The minimum absolute atomic E-state index is 0.815. The van der Waals surface area contributed by atoms with E-state index in [-0.39, 0.29) is 0 Å². The van der Waals surface area contributed by atoms with Crippen LogP contribution >= 0.6 is 15.9 Å². The maximum Gasteiger partial charge on any atom is 0.0410 e. The van der Waals surface area contributed by atoms with Crippen LogP contribution in [0.2, 0.25) is 0 Å². The van der Waals surface area contributed by atoms with Gasteiger partial charge in [0.05, 0.1) is 0 Å². The van der Waals surface area contributed by atoms with Crippen molar-refractivity contribution in [2.24, 2.45) is 0 Å². The lowest BCUT2D eigenvalue weighted by molar-refractivity contribution is 0.694. The molecule has 2 nitrogen and oxygen atoms in total. The monoisotopic (exact) mass is 326 g/mol. The largest absolute Gasteiger partial charge is 0.309 e. The molecule has 3 rings (SSSR count). The first kappa shape index (κ1) is 13.3. The average Bonchev–Trinajstić information content (AvgIpc) is 2.48. The van der Waals surface area contributed by atoms with Gasteiger partial charge in [-0.15, -0.1) is 0 Å². The Morgan fingerprint density at radius 3 is 2.70 bits per heavy atom. The fourth-order valence-electron chi connectivity index (χ4n) is 2.34. The van der Waals surface area contributed by atoms with Gasteiger partial charge in [-0.3, -0.25) is 4.98 Å². The van der Waals surface area contributed by atoms with E-state index >= 15 is 0 Å². The number of nitrogens with zero attached hydrogens (tertiary/aromatic N) is 1. The van der Waals surface area contributed by atoms with Crippen molar-refractivity contribution >= 4 is 26.7 Å². The highest BCUT2D eigenvalue weighted by Crippen LogP contribution is 2.18. The van der Waals surface area contributed by atoms with E-state index in [0.717, 1.165) is 17.6 Å². The lowest BCUT2D eigenvalue weighted by Gasteiger charge is -2.08. The first-order valence-electron chi connectivity index (χ1n) is 6.60. The first-order chi connectivity index (χ1) is 9.83. The van der Waals surface area contributed by atoms with Crippen molar-refractivity contribution in [3.63, 3.8) is 0 Å². The third kappa shape index (κ3) is 3.06. The average molecular weight is 327 g/mol. The standard InChI is InChI=1S/C17H15BrN2/c18-16-8-13(10-20-12-16)9-19-11-15-6-3-5-14-4-1-2-7-17(14)15/h1-8,10,12,19H,9,11H2. The Bertz CT molecular complexity index is 720.